The number of amides is 1. The minimum Gasteiger partial charge on any atom is -0.387 e. The minimum atomic E-state index is -4.35. The van der Waals surface area contributed by atoms with Crippen LogP contribution in [0.3, 0.4) is 0 Å². The van der Waals surface area contributed by atoms with Crippen LogP contribution in [-0.2, 0) is 18.4 Å². The zero-order chi connectivity index (χ0) is 52.7. The smallest absolute Gasteiger partial charge is 0.387 e. The molecule has 0 aromatic carbocycles. The van der Waals surface area contributed by atoms with E-state index in [9.17, 15) is 19.4 Å². The maximum Gasteiger partial charge on any atom is 0.472 e. The molecule has 1 amide bonds. The number of carbonyl (C=O) groups is 1. The highest BCUT2D eigenvalue weighted by Gasteiger charge is 2.28. The van der Waals surface area contributed by atoms with Crippen LogP contribution < -0.4 is 5.32 Å². The van der Waals surface area contributed by atoms with E-state index in [0.29, 0.717) is 17.4 Å². The lowest BCUT2D eigenvalue weighted by molar-refractivity contribution is -0.870. The van der Waals surface area contributed by atoms with Gasteiger partial charge in [0.1, 0.15) is 13.2 Å². The first-order valence-corrected chi connectivity index (χ1v) is 33.2. The van der Waals surface area contributed by atoms with Gasteiger partial charge in [0.05, 0.1) is 39.9 Å². The second-order valence-corrected chi connectivity index (χ2v) is 24.6. The zero-order valence-corrected chi connectivity index (χ0v) is 49.8. The molecule has 8 nitrogen and oxygen atoms in total. The summed E-state index contributed by atoms with van der Waals surface area (Å²) in [6, 6.07) is -0.847. The average molecular weight is 1040 g/mol. The molecule has 0 saturated carbocycles. The third-order valence-corrected chi connectivity index (χ3v) is 15.6. The Labute approximate surface area is 449 Å². The molecule has 0 aliphatic rings. The highest BCUT2D eigenvalue weighted by molar-refractivity contribution is 7.47. The van der Waals surface area contributed by atoms with Crippen molar-refractivity contribution in [3.05, 3.63) is 24.3 Å². The van der Waals surface area contributed by atoms with E-state index in [4.69, 9.17) is 9.05 Å². The predicted molar refractivity (Wildman–Crippen MR) is 314 cm³/mol. The lowest BCUT2D eigenvalue weighted by atomic mass is 10.0. The molecule has 0 aliphatic heterocycles. The van der Waals surface area contributed by atoms with Gasteiger partial charge in [-0.1, -0.05) is 295 Å². The number of likely N-dealkylation sites (N-methyl/N-ethyl adjacent to an activating group) is 1. The molecule has 72 heavy (non-hydrogen) atoms. The summed E-state index contributed by atoms with van der Waals surface area (Å²) in [5.74, 6) is -0.173. The largest absolute Gasteiger partial charge is 0.472 e. The number of rotatable bonds is 59. The van der Waals surface area contributed by atoms with Crippen molar-refractivity contribution in [1.29, 1.82) is 0 Å². The molecule has 428 valence electrons. The number of aliphatic hydroxyl groups excluding tert-OH is 1. The predicted octanol–water partition coefficient (Wildman–Crippen LogP) is 19.5. The van der Waals surface area contributed by atoms with Crippen LogP contribution in [0.5, 0.6) is 0 Å². The van der Waals surface area contributed by atoms with Crippen LogP contribution in [0.25, 0.3) is 0 Å². The summed E-state index contributed by atoms with van der Waals surface area (Å²) in [5, 5.41) is 14.0. The van der Waals surface area contributed by atoms with Gasteiger partial charge >= 0.3 is 7.82 Å². The number of allylic oxidation sites excluding steroid dienone is 3. The summed E-state index contributed by atoms with van der Waals surface area (Å²) in [5.41, 5.74) is 0. The highest BCUT2D eigenvalue weighted by atomic mass is 31.2. The average Bonchev–Trinajstić information content (AvgIpc) is 3.34. The first-order chi connectivity index (χ1) is 35.0. The van der Waals surface area contributed by atoms with Crippen molar-refractivity contribution in [2.75, 3.05) is 40.9 Å². The van der Waals surface area contributed by atoms with E-state index in [-0.39, 0.29) is 19.1 Å². The van der Waals surface area contributed by atoms with E-state index in [1.807, 2.05) is 27.2 Å². The first-order valence-electron chi connectivity index (χ1n) is 31.7. The van der Waals surface area contributed by atoms with Gasteiger partial charge < -0.3 is 19.8 Å². The summed E-state index contributed by atoms with van der Waals surface area (Å²) >= 11 is 0. The molecule has 0 aliphatic carbocycles. The number of hydrogen-bond donors (Lipinski definition) is 3. The molecule has 0 bridgehead atoms. The molecule has 0 heterocycles. The van der Waals surface area contributed by atoms with Crippen LogP contribution in [0, 0.1) is 0 Å². The maximum absolute atomic E-state index is 13.0. The molecule has 0 saturated heterocycles. The summed E-state index contributed by atoms with van der Waals surface area (Å²) in [4.78, 5) is 23.4. The van der Waals surface area contributed by atoms with Crippen molar-refractivity contribution < 1.29 is 32.9 Å². The molecule has 3 unspecified atom stereocenters. The highest BCUT2D eigenvalue weighted by Crippen LogP contribution is 2.43. The van der Waals surface area contributed by atoms with E-state index >= 15 is 0 Å². The Morgan fingerprint density at radius 3 is 1.07 bits per heavy atom. The number of carbonyl (C=O) groups excluding carboxylic acids is 1. The Kier molecular flexibility index (Phi) is 54.0. The van der Waals surface area contributed by atoms with Gasteiger partial charge in [-0.3, -0.25) is 13.8 Å². The van der Waals surface area contributed by atoms with E-state index in [2.05, 4.69) is 31.3 Å². The number of quaternary nitrogens is 1. The monoisotopic (exact) mass is 1040 g/mol. The van der Waals surface area contributed by atoms with E-state index < -0.39 is 20.0 Å². The van der Waals surface area contributed by atoms with Crippen LogP contribution in [0.4, 0.5) is 0 Å². The number of nitrogens with zero attached hydrogens (tertiary/aromatic N) is 1. The van der Waals surface area contributed by atoms with Gasteiger partial charge in [-0.05, 0) is 44.9 Å². The standard InChI is InChI=1S/C63H125N2O6P/c1-6-8-10-12-14-16-18-20-22-24-26-28-30-32-34-36-38-40-42-44-46-48-50-52-54-56-62(66)61(60-71-72(68,69)70-59-58-65(3,4)5)64-63(67)57-55-53-51-49-47-45-43-41-39-37-35-33-31-29-27-25-23-21-19-17-15-13-11-9-7-2/h33,35,54,56,61-62,66H,6-32,34,36-53,55,57-60H2,1-5H3,(H-,64,67,68,69)/p+1/b35-33-,56-54+. The lowest BCUT2D eigenvalue weighted by Gasteiger charge is -2.25. The number of phosphoric ester groups is 1. The van der Waals surface area contributed by atoms with Crippen LogP contribution in [0.1, 0.15) is 322 Å². The van der Waals surface area contributed by atoms with E-state index in [0.717, 1.165) is 32.1 Å². The molecule has 0 radical (unpaired) electrons. The van der Waals surface area contributed by atoms with E-state index in [1.165, 1.54) is 270 Å². The summed E-state index contributed by atoms with van der Waals surface area (Å²) in [6.07, 6.45) is 70.1. The number of phosphoric acid groups is 1. The Morgan fingerprint density at radius 2 is 0.750 bits per heavy atom. The first kappa shape index (κ1) is 71.0. The third kappa shape index (κ3) is 56.7. The van der Waals surface area contributed by atoms with Crippen molar-refractivity contribution in [3.63, 3.8) is 0 Å². The van der Waals surface area contributed by atoms with Crippen molar-refractivity contribution in [3.8, 4) is 0 Å². The van der Waals surface area contributed by atoms with Crippen molar-refractivity contribution in [1.82, 2.24) is 5.32 Å². The van der Waals surface area contributed by atoms with Crippen LogP contribution in [0.15, 0.2) is 24.3 Å². The van der Waals surface area contributed by atoms with Gasteiger partial charge in [0.25, 0.3) is 0 Å². The molecular weight excluding hydrogens is 912 g/mol. The fourth-order valence-corrected chi connectivity index (χ4v) is 10.4. The second kappa shape index (κ2) is 54.8. The van der Waals surface area contributed by atoms with Gasteiger partial charge in [-0.2, -0.15) is 0 Å². The van der Waals surface area contributed by atoms with Gasteiger partial charge in [0.2, 0.25) is 5.91 Å². The SMILES string of the molecule is CCCCCCCCCCCCCC/C=C\CCCCCCCCCCCC(=O)NC(COP(=O)(O)OCC[N+](C)(C)C)C(O)/C=C/CCCCCCCCCCCCCCCCCCCCCCCCC. The number of unbranched alkanes of at least 4 members (excludes halogenated alkanes) is 44. The van der Waals surface area contributed by atoms with Gasteiger partial charge in [-0.15, -0.1) is 0 Å². The Bertz CT molecular complexity index is 1220. The molecular formula is C63H126N2O6P+. The number of nitrogens with one attached hydrogen (secondary N) is 1. The Morgan fingerprint density at radius 1 is 0.458 bits per heavy atom. The van der Waals surface area contributed by atoms with Gasteiger partial charge in [0.15, 0.2) is 0 Å². The third-order valence-electron chi connectivity index (χ3n) is 14.7. The molecule has 0 aromatic heterocycles. The fourth-order valence-electron chi connectivity index (χ4n) is 9.69. The maximum atomic E-state index is 13.0. The molecule has 0 aromatic rings. The fraction of sp³-hybridized carbons (Fsp3) is 0.921. The Hall–Kier alpha value is -1.02. The Balaban J connectivity index is 4.14. The minimum absolute atomic E-state index is 0.0630. The zero-order valence-electron chi connectivity index (χ0n) is 48.9. The lowest BCUT2D eigenvalue weighted by Crippen LogP contribution is -2.45. The van der Waals surface area contributed by atoms with Gasteiger partial charge in [-0.25, -0.2) is 4.57 Å². The number of hydrogen-bond acceptors (Lipinski definition) is 5. The molecule has 9 heteroatoms. The summed E-state index contributed by atoms with van der Waals surface area (Å²) in [6.45, 7) is 4.87. The van der Waals surface area contributed by atoms with Crippen molar-refractivity contribution >= 4 is 13.7 Å². The van der Waals surface area contributed by atoms with Crippen LogP contribution in [0.2, 0.25) is 0 Å². The molecule has 3 atom stereocenters. The van der Waals surface area contributed by atoms with Crippen molar-refractivity contribution in [2.24, 2.45) is 0 Å². The quantitative estimate of drug-likeness (QED) is 0.0243. The molecule has 3 N–H and O–H groups in total. The normalized spacial score (nSPS) is 13.9. The van der Waals surface area contributed by atoms with Crippen LogP contribution >= 0.6 is 7.82 Å². The van der Waals surface area contributed by atoms with Gasteiger partial charge in [0, 0.05) is 6.42 Å². The number of aliphatic hydroxyl groups is 1. The molecule has 0 rings (SSSR count). The topological polar surface area (TPSA) is 105 Å². The second-order valence-electron chi connectivity index (χ2n) is 23.1. The molecule has 0 spiro atoms. The summed E-state index contributed by atoms with van der Waals surface area (Å²) < 4.78 is 23.8. The summed E-state index contributed by atoms with van der Waals surface area (Å²) in [7, 11) is 1.59. The van der Waals surface area contributed by atoms with Crippen molar-refractivity contribution in [2.45, 2.75) is 334 Å². The van der Waals surface area contributed by atoms with E-state index in [1.54, 1.807) is 6.08 Å². The van der Waals surface area contributed by atoms with Crippen LogP contribution in [-0.4, -0.2) is 73.4 Å². The molecule has 0 fully saturated rings.